The highest BCUT2D eigenvalue weighted by Gasteiger charge is 2.21. The lowest BCUT2D eigenvalue weighted by molar-refractivity contribution is -0.136. The van der Waals surface area contributed by atoms with E-state index in [2.05, 4.69) is 29.5 Å². The first kappa shape index (κ1) is 17.2. The number of carbonyl (C=O) groups is 2. The largest absolute Gasteiger partial charge is 0.333 e. The maximum Gasteiger partial charge on any atom is 0.245 e. The Hall–Kier alpha value is -2.63. The van der Waals surface area contributed by atoms with Crippen molar-refractivity contribution in [2.75, 3.05) is 18.4 Å². The number of carbonyl (C=O) groups excluding carboxylic acids is 2. The van der Waals surface area contributed by atoms with Crippen LogP contribution in [-0.2, 0) is 16.1 Å². The quantitative estimate of drug-likeness (QED) is 0.909. The van der Waals surface area contributed by atoms with E-state index in [-0.39, 0.29) is 18.4 Å². The highest BCUT2D eigenvalue weighted by atomic mass is 16.2. The smallest absolute Gasteiger partial charge is 0.245 e. The molecule has 132 valence electrons. The number of rotatable bonds is 5. The van der Waals surface area contributed by atoms with Crippen molar-refractivity contribution in [2.45, 2.75) is 39.7 Å². The number of likely N-dealkylation sites (tertiary alicyclic amines) is 1. The van der Waals surface area contributed by atoms with Crippen molar-refractivity contribution in [2.24, 2.45) is 0 Å². The fourth-order valence-corrected chi connectivity index (χ4v) is 3.12. The van der Waals surface area contributed by atoms with Crippen LogP contribution in [0.4, 0.5) is 5.82 Å². The molecule has 1 aromatic carbocycles. The van der Waals surface area contributed by atoms with Crippen LogP contribution in [0.2, 0.25) is 0 Å². The van der Waals surface area contributed by atoms with Crippen LogP contribution in [0.15, 0.2) is 30.5 Å². The average molecular weight is 340 g/mol. The van der Waals surface area contributed by atoms with Gasteiger partial charge in [-0.3, -0.25) is 9.59 Å². The summed E-state index contributed by atoms with van der Waals surface area (Å²) in [5.41, 5.74) is 3.23. The highest BCUT2D eigenvalue weighted by Crippen LogP contribution is 2.17. The van der Waals surface area contributed by atoms with Gasteiger partial charge in [0.1, 0.15) is 5.82 Å². The number of aryl methyl sites for hydroxylation is 2. The lowest BCUT2D eigenvalue weighted by atomic mass is 10.1. The Morgan fingerprint density at radius 2 is 2.12 bits per heavy atom. The molecule has 3 rings (SSSR count). The zero-order valence-corrected chi connectivity index (χ0v) is 14.8. The van der Waals surface area contributed by atoms with Gasteiger partial charge in [0.2, 0.25) is 11.8 Å². The molecule has 0 spiro atoms. The van der Waals surface area contributed by atoms with E-state index in [0.29, 0.717) is 25.3 Å². The van der Waals surface area contributed by atoms with E-state index in [0.717, 1.165) is 24.0 Å². The third-order valence-corrected chi connectivity index (χ3v) is 4.45. The summed E-state index contributed by atoms with van der Waals surface area (Å²) >= 11 is 0. The first-order chi connectivity index (χ1) is 12.0. The number of amides is 2. The maximum absolute atomic E-state index is 12.4. The van der Waals surface area contributed by atoms with E-state index in [1.54, 1.807) is 15.8 Å². The summed E-state index contributed by atoms with van der Waals surface area (Å²) in [6, 6.07) is 8.22. The van der Waals surface area contributed by atoms with Crippen LogP contribution in [0.3, 0.4) is 0 Å². The van der Waals surface area contributed by atoms with Crippen LogP contribution in [0.25, 0.3) is 0 Å². The lowest BCUT2D eigenvalue weighted by Gasteiger charge is -2.26. The molecule has 6 heteroatoms. The Morgan fingerprint density at radius 3 is 2.88 bits per heavy atom. The van der Waals surface area contributed by atoms with E-state index in [1.165, 1.54) is 5.56 Å². The molecule has 2 amide bonds. The van der Waals surface area contributed by atoms with E-state index >= 15 is 0 Å². The van der Waals surface area contributed by atoms with Crippen molar-refractivity contribution in [3.05, 3.63) is 47.2 Å². The molecule has 1 fully saturated rings. The summed E-state index contributed by atoms with van der Waals surface area (Å²) in [6.45, 7) is 5.33. The molecule has 0 atom stereocenters. The van der Waals surface area contributed by atoms with Gasteiger partial charge >= 0.3 is 0 Å². The molecule has 0 bridgehead atoms. The molecule has 1 aromatic heterocycles. The second-order valence-electron chi connectivity index (χ2n) is 6.64. The molecule has 0 radical (unpaired) electrons. The molecule has 2 heterocycles. The minimum atomic E-state index is -0.177. The average Bonchev–Trinajstić information content (AvgIpc) is 2.90. The van der Waals surface area contributed by atoms with Crippen molar-refractivity contribution in [1.29, 1.82) is 0 Å². The molecular weight excluding hydrogens is 316 g/mol. The number of benzene rings is 1. The zero-order valence-electron chi connectivity index (χ0n) is 14.8. The van der Waals surface area contributed by atoms with Gasteiger partial charge in [0, 0.05) is 18.5 Å². The molecule has 0 aliphatic carbocycles. The van der Waals surface area contributed by atoms with Crippen molar-refractivity contribution >= 4 is 17.6 Å². The van der Waals surface area contributed by atoms with Crippen molar-refractivity contribution in [3.8, 4) is 0 Å². The normalized spacial score (nSPS) is 14.6. The standard InChI is InChI=1S/C19H24N4O2/c1-14-6-5-7-16(10-14)12-23-19(15(2)11-20-23)21-17(24)13-22-9-4-3-8-18(22)25/h5-7,10-11H,3-4,8-9,12-13H2,1-2H3,(H,21,24). The van der Waals surface area contributed by atoms with E-state index in [9.17, 15) is 9.59 Å². The fourth-order valence-electron chi connectivity index (χ4n) is 3.12. The number of nitrogens with one attached hydrogen (secondary N) is 1. The molecule has 1 aliphatic rings. The van der Waals surface area contributed by atoms with Gasteiger partial charge in [0.25, 0.3) is 0 Å². The Morgan fingerprint density at radius 1 is 1.28 bits per heavy atom. The number of hydrogen-bond donors (Lipinski definition) is 1. The van der Waals surface area contributed by atoms with Gasteiger partial charge in [0.05, 0.1) is 19.3 Å². The van der Waals surface area contributed by atoms with Crippen LogP contribution in [0.1, 0.15) is 36.0 Å². The fraction of sp³-hybridized carbons (Fsp3) is 0.421. The molecule has 1 aliphatic heterocycles. The predicted octanol–water partition coefficient (Wildman–Crippen LogP) is 2.50. The molecular formula is C19H24N4O2. The molecule has 6 nitrogen and oxygen atoms in total. The topological polar surface area (TPSA) is 67.2 Å². The Bertz CT molecular complexity index is 781. The van der Waals surface area contributed by atoms with E-state index in [4.69, 9.17) is 0 Å². The maximum atomic E-state index is 12.4. The van der Waals surface area contributed by atoms with Crippen LogP contribution in [-0.4, -0.2) is 39.6 Å². The molecule has 1 N–H and O–H groups in total. The molecule has 1 saturated heterocycles. The molecule has 25 heavy (non-hydrogen) atoms. The molecule has 2 aromatic rings. The summed E-state index contributed by atoms with van der Waals surface area (Å²) in [5, 5.41) is 7.31. The number of hydrogen-bond acceptors (Lipinski definition) is 3. The Kier molecular flexibility index (Phi) is 5.16. The second kappa shape index (κ2) is 7.51. The Labute approximate surface area is 147 Å². The van der Waals surface area contributed by atoms with E-state index < -0.39 is 0 Å². The number of anilines is 1. The van der Waals surface area contributed by atoms with Crippen molar-refractivity contribution in [3.63, 3.8) is 0 Å². The number of aromatic nitrogens is 2. The third-order valence-electron chi connectivity index (χ3n) is 4.45. The number of nitrogens with zero attached hydrogens (tertiary/aromatic N) is 3. The second-order valence-corrected chi connectivity index (χ2v) is 6.64. The van der Waals surface area contributed by atoms with Crippen LogP contribution in [0.5, 0.6) is 0 Å². The van der Waals surface area contributed by atoms with Gasteiger partial charge < -0.3 is 10.2 Å². The van der Waals surface area contributed by atoms with Crippen LogP contribution < -0.4 is 5.32 Å². The Balaban J connectivity index is 1.68. The predicted molar refractivity (Wildman–Crippen MR) is 96.3 cm³/mol. The van der Waals surface area contributed by atoms with Crippen LogP contribution in [0, 0.1) is 13.8 Å². The number of piperidine rings is 1. The molecule has 0 unspecified atom stereocenters. The van der Waals surface area contributed by atoms with E-state index in [1.807, 2.05) is 19.1 Å². The van der Waals surface area contributed by atoms with Gasteiger partial charge in [-0.25, -0.2) is 4.68 Å². The zero-order chi connectivity index (χ0) is 17.8. The highest BCUT2D eigenvalue weighted by molar-refractivity contribution is 5.94. The lowest BCUT2D eigenvalue weighted by Crippen LogP contribution is -2.41. The van der Waals surface area contributed by atoms with Gasteiger partial charge in [-0.2, -0.15) is 5.10 Å². The summed E-state index contributed by atoms with van der Waals surface area (Å²) in [7, 11) is 0. The minimum absolute atomic E-state index is 0.0615. The molecule has 0 saturated carbocycles. The van der Waals surface area contributed by atoms with Gasteiger partial charge in [-0.05, 0) is 32.3 Å². The monoisotopic (exact) mass is 340 g/mol. The van der Waals surface area contributed by atoms with Crippen LogP contribution >= 0.6 is 0 Å². The summed E-state index contributed by atoms with van der Waals surface area (Å²) in [4.78, 5) is 25.9. The minimum Gasteiger partial charge on any atom is -0.333 e. The van der Waals surface area contributed by atoms with Gasteiger partial charge in [-0.15, -0.1) is 0 Å². The van der Waals surface area contributed by atoms with Gasteiger partial charge in [0.15, 0.2) is 0 Å². The van der Waals surface area contributed by atoms with Crippen molar-refractivity contribution in [1.82, 2.24) is 14.7 Å². The van der Waals surface area contributed by atoms with Gasteiger partial charge in [-0.1, -0.05) is 29.8 Å². The summed E-state index contributed by atoms with van der Waals surface area (Å²) in [5.74, 6) is 0.576. The summed E-state index contributed by atoms with van der Waals surface area (Å²) < 4.78 is 1.79. The third kappa shape index (κ3) is 4.26. The summed E-state index contributed by atoms with van der Waals surface area (Å²) in [6.07, 6.45) is 4.16. The SMILES string of the molecule is Cc1cccc(Cn2ncc(C)c2NC(=O)CN2CCCCC2=O)c1. The first-order valence-electron chi connectivity index (χ1n) is 8.68. The first-order valence-corrected chi connectivity index (χ1v) is 8.68. The van der Waals surface area contributed by atoms with Crippen molar-refractivity contribution < 1.29 is 9.59 Å².